The van der Waals surface area contributed by atoms with E-state index in [0.29, 0.717) is 39.4 Å². The maximum absolute atomic E-state index is 13.1. The molecular formula is C30H23ClN6O4. The van der Waals surface area contributed by atoms with Crippen LogP contribution in [0.2, 0.25) is 5.02 Å². The van der Waals surface area contributed by atoms with Crippen molar-refractivity contribution in [2.45, 2.75) is 20.0 Å². The number of halogens is 1. The molecule has 2 aromatic heterocycles. The molecule has 204 valence electrons. The van der Waals surface area contributed by atoms with Gasteiger partial charge in [0, 0.05) is 17.6 Å². The number of H-pyrrole nitrogens is 1. The summed E-state index contributed by atoms with van der Waals surface area (Å²) in [6, 6.07) is 26.1. The highest BCUT2D eigenvalue weighted by Gasteiger charge is 2.09. The number of nitriles is 1. The van der Waals surface area contributed by atoms with Gasteiger partial charge >= 0.3 is 11.4 Å². The van der Waals surface area contributed by atoms with Crippen molar-refractivity contribution < 1.29 is 9.47 Å². The average molecular weight is 567 g/mol. The van der Waals surface area contributed by atoms with Gasteiger partial charge in [0.05, 0.1) is 30.1 Å². The van der Waals surface area contributed by atoms with Crippen LogP contribution in [0.1, 0.15) is 18.1 Å². The molecule has 11 heteroatoms. The first-order chi connectivity index (χ1) is 19.9. The Hall–Kier alpha value is -5.40. The highest BCUT2D eigenvalue weighted by atomic mass is 35.5. The van der Waals surface area contributed by atoms with Gasteiger partial charge in [-0.15, -0.1) is 0 Å². The van der Waals surface area contributed by atoms with Crippen molar-refractivity contribution in [1.82, 2.24) is 19.1 Å². The first kappa shape index (κ1) is 27.2. The van der Waals surface area contributed by atoms with Gasteiger partial charge in [0.15, 0.2) is 0 Å². The number of pyridine rings is 1. The topological polar surface area (TPSA) is 127 Å². The highest BCUT2D eigenvalue weighted by molar-refractivity contribution is 6.30. The Labute approximate surface area is 239 Å². The standard InChI is InChI=1S/C30H23ClN6O4/c1-2-36-29(38)35-28(37(30(36)39)19-21-3-7-22(31)8-4-21)34-23-9-13-25(14-10-23)41-27-16-15-26(18-33-27)40-24-11-5-20(17-32)6-12-24/h3-16,18H,2,19H2,1H3,(H,34,35,38). The molecule has 0 aliphatic heterocycles. The van der Waals surface area contributed by atoms with E-state index in [9.17, 15) is 9.59 Å². The van der Waals surface area contributed by atoms with E-state index in [1.54, 1.807) is 79.7 Å². The fourth-order valence-corrected chi connectivity index (χ4v) is 4.01. The zero-order valence-electron chi connectivity index (χ0n) is 21.8. The number of rotatable bonds is 8. The predicted octanol–water partition coefficient (Wildman–Crippen LogP) is 5.14. The van der Waals surface area contributed by atoms with Gasteiger partial charge in [-0.3, -0.25) is 9.55 Å². The van der Waals surface area contributed by atoms with Gasteiger partial charge < -0.3 is 9.47 Å². The number of benzene rings is 3. The molecular weight excluding hydrogens is 544 g/mol. The largest absolute Gasteiger partial charge is 0.456 e. The summed E-state index contributed by atoms with van der Waals surface area (Å²) in [7, 11) is 0. The first-order valence-corrected chi connectivity index (χ1v) is 12.9. The second-order valence-electron chi connectivity index (χ2n) is 8.77. The summed E-state index contributed by atoms with van der Waals surface area (Å²) in [4.78, 5) is 37.1. The van der Waals surface area contributed by atoms with Crippen molar-refractivity contribution in [3.63, 3.8) is 0 Å². The van der Waals surface area contributed by atoms with Crippen LogP contribution in [0.4, 0.5) is 5.69 Å². The lowest BCUT2D eigenvalue weighted by molar-refractivity contribution is 0.451. The third-order valence-electron chi connectivity index (χ3n) is 5.97. The molecule has 0 fully saturated rings. The van der Waals surface area contributed by atoms with Crippen molar-refractivity contribution in [3.8, 4) is 29.2 Å². The van der Waals surface area contributed by atoms with Crippen LogP contribution in [0.3, 0.4) is 0 Å². The molecule has 0 saturated heterocycles. The van der Waals surface area contributed by atoms with Gasteiger partial charge in [0.25, 0.3) is 0 Å². The molecule has 0 atom stereocenters. The normalized spacial score (nSPS) is 11.2. The minimum Gasteiger partial charge on any atom is -0.456 e. The summed E-state index contributed by atoms with van der Waals surface area (Å²) in [6.45, 7) is 2.14. The monoisotopic (exact) mass is 566 g/mol. The van der Waals surface area contributed by atoms with Crippen molar-refractivity contribution in [1.29, 1.82) is 5.26 Å². The van der Waals surface area contributed by atoms with E-state index in [2.05, 4.69) is 21.0 Å². The molecule has 5 aromatic rings. The predicted molar refractivity (Wildman–Crippen MR) is 153 cm³/mol. The van der Waals surface area contributed by atoms with E-state index in [1.165, 1.54) is 10.8 Å². The van der Waals surface area contributed by atoms with E-state index in [1.807, 2.05) is 12.1 Å². The molecule has 41 heavy (non-hydrogen) atoms. The number of nitrogens with zero attached hydrogens (tertiary/aromatic N) is 5. The number of hydrogen-bond donors (Lipinski definition) is 1. The van der Waals surface area contributed by atoms with Crippen LogP contribution in [-0.2, 0) is 13.1 Å². The molecule has 0 amide bonds. The third kappa shape index (κ3) is 6.61. The minimum atomic E-state index is -0.541. The Bertz CT molecular complexity index is 1890. The van der Waals surface area contributed by atoms with Crippen LogP contribution in [0.5, 0.6) is 23.1 Å². The van der Waals surface area contributed by atoms with Crippen LogP contribution < -0.4 is 26.5 Å². The lowest BCUT2D eigenvalue weighted by Gasteiger charge is -2.10. The van der Waals surface area contributed by atoms with Gasteiger partial charge in [0.1, 0.15) is 17.2 Å². The van der Waals surface area contributed by atoms with Crippen LogP contribution in [0.15, 0.2) is 106 Å². The number of ether oxygens (including phenoxy) is 2. The van der Waals surface area contributed by atoms with Gasteiger partial charge in [-0.2, -0.15) is 5.26 Å². The van der Waals surface area contributed by atoms with E-state index in [4.69, 9.17) is 26.3 Å². The van der Waals surface area contributed by atoms with Gasteiger partial charge in [-0.05, 0) is 79.2 Å². The molecule has 0 aliphatic carbocycles. The molecule has 1 N–H and O–H groups in total. The molecule has 0 saturated carbocycles. The number of hydrogen-bond acceptors (Lipinski definition) is 7. The smallest absolute Gasteiger partial charge is 0.335 e. The molecule has 5 rings (SSSR count). The molecule has 3 aromatic carbocycles. The van der Waals surface area contributed by atoms with E-state index < -0.39 is 11.4 Å². The van der Waals surface area contributed by atoms with Crippen molar-refractivity contribution >= 4 is 17.3 Å². The fraction of sp³-hybridized carbons (Fsp3) is 0.100. The van der Waals surface area contributed by atoms with Crippen molar-refractivity contribution in [3.05, 3.63) is 134 Å². The maximum Gasteiger partial charge on any atom is 0.335 e. The molecule has 0 radical (unpaired) electrons. The number of aromatic nitrogens is 4. The molecule has 2 heterocycles. The van der Waals surface area contributed by atoms with E-state index in [0.717, 1.165) is 10.1 Å². The molecule has 0 unspecified atom stereocenters. The molecule has 0 spiro atoms. The fourth-order valence-electron chi connectivity index (χ4n) is 3.89. The zero-order valence-corrected chi connectivity index (χ0v) is 22.6. The SMILES string of the molecule is CCn1c(=O)[nH]/c(=N\c2ccc(Oc3ccc(Oc4ccc(C#N)cc4)cn3)cc2)n(Cc2ccc(Cl)cc2)c1=O. The summed E-state index contributed by atoms with van der Waals surface area (Å²) >= 11 is 6.00. The second kappa shape index (κ2) is 12.2. The quantitative estimate of drug-likeness (QED) is 0.277. The third-order valence-corrected chi connectivity index (χ3v) is 6.23. The van der Waals surface area contributed by atoms with Gasteiger partial charge in [-0.25, -0.2) is 24.1 Å². The zero-order chi connectivity index (χ0) is 28.8. The second-order valence-corrected chi connectivity index (χ2v) is 9.21. The Balaban J connectivity index is 1.34. The Morgan fingerprint density at radius 1 is 0.878 bits per heavy atom. The Kier molecular flexibility index (Phi) is 8.08. The first-order valence-electron chi connectivity index (χ1n) is 12.6. The molecule has 0 bridgehead atoms. The van der Waals surface area contributed by atoms with Gasteiger partial charge in [0.2, 0.25) is 11.5 Å². The lowest BCUT2D eigenvalue weighted by Crippen LogP contribution is -2.49. The van der Waals surface area contributed by atoms with Crippen LogP contribution in [0.25, 0.3) is 0 Å². The average Bonchev–Trinajstić information content (AvgIpc) is 2.99. The van der Waals surface area contributed by atoms with Crippen LogP contribution in [0, 0.1) is 11.3 Å². The summed E-state index contributed by atoms with van der Waals surface area (Å²) in [6.07, 6.45) is 1.53. The van der Waals surface area contributed by atoms with E-state index in [-0.39, 0.29) is 18.7 Å². The Morgan fingerprint density at radius 2 is 1.54 bits per heavy atom. The van der Waals surface area contributed by atoms with Gasteiger partial charge in [-0.1, -0.05) is 23.7 Å². The van der Waals surface area contributed by atoms with Crippen molar-refractivity contribution in [2.75, 3.05) is 0 Å². The van der Waals surface area contributed by atoms with E-state index >= 15 is 0 Å². The summed E-state index contributed by atoms with van der Waals surface area (Å²) < 4.78 is 14.1. The van der Waals surface area contributed by atoms with Crippen LogP contribution in [-0.4, -0.2) is 19.1 Å². The minimum absolute atomic E-state index is 0.118. The van der Waals surface area contributed by atoms with Crippen molar-refractivity contribution in [2.24, 2.45) is 4.99 Å². The molecule has 10 nitrogen and oxygen atoms in total. The molecule has 0 aliphatic rings. The number of aromatic amines is 1. The number of nitrogens with one attached hydrogen (secondary N) is 1. The summed E-state index contributed by atoms with van der Waals surface area (Å²) in [5, 5.41) is 9.49. The van der Waals surface area contributed by atoms with Crippen LogP contribution >= 0.6 is 11.6 Å². The Morgan fingerprint density at radius 3 is 2.17 bits per heavy atom. The highest BCUT2D eigenvalue weighted by Crippen LogP contribution is 2.26. The lowest BCUT2D eigenvalue weighted by atomic mass is 10.2. The maximum atomic E-state index is 13.1. The summed E-state index contributed by atoms with van der Waals surface area (Å²) in [5.74, 6) is 1.97. The summed E-state index contributed by atoms with van der Waals surface area (Å²) in [5.41, 5.74) is 0.988.